The molecule has 1 N–H and O–H groups in total. The first-order valence-electron chi connectivity index (χ1n) is 7.79. The van der Waals surface area contributed by atoms with E-state index in [2.05, 4.69) is 59.9 Å². The number of hydrogen-bond acceptors (Lipinski definition) is 4. The summed E-state index contributed by atoms with van der Waals surface area (Å²) in [5, 5.41) is 19.4. The summed E-state index contributed by atoms with van der Waals surface area (Å²) in [7, 11) is 0. The molecule has 5 nitrogen and oxygen atoms in total. The summed E-state index contributed by atoms with van der Waals surface area (Å²) in [6.45, 7) is 8.67. The number of allylic oxidation sites excluding steroid dienone is 1. The second-order valence-electron chi connectivity index (χ2n) is 5.60. The number of H-pyrrole nitrogens is 1. The fourth-order valence-corrected chi connectivity index (χ4v) is 3.48. The van der Waals surface area contributed by atoms with Crippen LogP contribution in [0.25, 0.3) is 22.3 Å². The van der Waals surface area contributed by atoms with Gasteiger partial charge in [-0.25, -0.2) is 0 Å². The standard InChI is InChI=1S/C18H19N5S/c1-4-9-23-17(21-22-18(23)24-10-5-8-19)14-6-7-16-15(11-14)12(2)13(3)20-16/h4,6-7,11,20H,1,5,9-10H2,2-3H3. The lowest BCUT2D eigenvalue weighted by molar-refractivity contribution is 0.731. The predicted molar refractivity (Wildman–Crippen MR) is 97.9 cm³/mol. The summed E-state index contributed by atoms with van der Waals surface area (Å²) in [5.41, 5.74) is 4.60. The normalized spacial score (nSPS) is 10.9. The van der Waals surface area contributed by atoms with Gasteiger partial charge >= 0.3 is 0 Å². The lowest BCUT2D eigenvalue weighted by atomic mass is 10.1. The van der Waals surface area contributed by atoms with E-state index in [1.54, 1.807) is 11.8 Å². The summed E-state index contributed by atoms with van der Waals surface area (Å²) in [6, 6.07) is 8.45. The van der Waals surface area contributed by atoms with E-state index in [0.717, 1.165) is 22.1 Å². The van der Waals surface area contributed by atoms with E-state index in [1.165, 1.54) is 16.6 Å². The zero-order valence-corrected chi connectivity index (χ0v) is 14.7. The summed E-state index contributed by atoms with van der Waals surface area (Å²) in [6.07, 6.45) is 2.33. The van der Waals surface area contributed by atoms with Crippen molar-refractivity contribution in [3.63, 3.8) is 0 Å². The van der Waals surface area contributed by atoms with Crippen molar-refractivity contribution >= 4 is 22.7 Å². The fraction of sp³-hybridized carbons (Fsp3) is 0.278. The molecule has 0 aliphatic carbocycles. The summed E-state index contributed by atoms with van der Waals surface area (Å²) < 4.78 is 2.05. The third-order valence-corrected chi connectivity index (χ3v) is 5.01. The van der Waals surface area contributed by atoms with Gasteiger partial charge in [-0.05, 0) is 37.6 Å². The van der Waals surface area contributed by atoms with Crippen LogP contribution in [-0.2, 0) is 6.54 Å². The molecule has 0 aliphatic rings. The van der Waals surface area contributed by atoms with Crippen molar-refractivity contribution in [3.05, 3.63) is 42.1 Å². The van der Waals surface area contributed by atoms with Gasteiger partial charge in [0.05, 0.1) is 6.07 Å². The zero-order valence-electron chi connectivity index (χ0n) is 13.8. The number of nitrogens with zero attached hydrogens (tertiary/aromatic N) is 4. The molecule has 0 aliphatic heterocycles. The van der Waals surface area contributed by atoms with E-state index in [4.69, 9.17) is 5.26 Å². The van der Waals surface area contributed by atoms with Crippen LogP contribution in [0.15, 0.2) is 36.0 Å². The molecule has 24 heavy (non-hydrogen) atoms. The fourth-order valence-electron chi connectivity index (χ4n) is 2.69. The van der Waals surface area contributed by atoms with Gasteiger partial charge in [0.25, 0.3) is 0 Å². The summed E-state index contributed by atoms with van der Waals surface area (Å²) >= 11 is 1.55. The van der Waals surface area contributed by atoms with Crippen LogP contribution in [0.4, 0.5) is 0 Å². The van der Waals surface area contributed by atoms with Gasteiger partial charge in [-0.2, -0.15) is 5.26 Å². The van der Waals surface area contributed by atoms with Gasteiger partial charge in [-0.1, -0.05) is 17.8 Å². The monoisotopic (exact) mass is 337 g/mol. The second kappa shape index (κ2) is 6.93. The van der Waals surface area contributed by atoms with Gasteiger partial charge in [-0.15, -0.1) is 16.8 Å². The maximum absolute atomic E-state index is 8.70. The lowest BCUT2D eigenvalue weighted by Crippen LogP contribution is -2.00. The molecule has 0 amide bonds. The number of thioether (sulfide) groups is 1. The SMILES string of the molecule is C=CCn1c(SCCC#N)nnc1-c1ccc2[nH]c(C)c(C)c2c1. The van der Waals surface area contributed by atoms with E-state index < -0.39 is 0 Å². The minimum atomic E-state index is 0.495. The van der Waals surface area contributed by atoms with Crippen molar-refractivity contribution in [2.75, 3.05) is 5.75 Å². The van der Waals surface area contributed by atoms with E-state index in [9.17, 15) is 0 Å². The predicted octanol–water partition coefficient (Wildman–Crippen LogP) is 4.24. The van der Waals surface area contributed by atoms with Gasteiger partial charge in [0.1, 0.15) is 0 Å². The topological polar surface area (TPSA) is 70.3 Å². The highest BCUT2D eigenvalue weighted by molar-refractivity contribution is 7.99. The minimum absolute atomic E-state index is 0.495. The molecule has 0 saturated heterocycles. The number of nitriles is 1. The molecule has 0 bridgehead atoms. The van der Waals surface area contributed by atoms with Crippen molar-refractivity contribution in [3.8, 4) is 17.5 Å². The maximum atomic E-state index is 8.70. The molecule has 0 saturated carbocycles. The molecule has 0 fully saturated rings. The molecule has 0 unspecified atom stereocenters. The quantitative estimate of drug-likeness (QED) is 0.415. The Labute approximate surface area is 145 Å². The summed E-state index contributed by atoms with van der Waals surface area (Å²) in [5.74, 6) is 1.54. The van der Waals surface area contributed by atoms with Crippen LogP contribution in [-0.4, -0.2) is 25.5 Å². The van der Waals surface area contributed by atoms with E-state index in [1.807, 2.05) is 10.6 Å². The van der Waals surface area contributed by atoms with Crippen LogP contribution in [0, 0.1) is 25.2 Å². The van der Waals surface area contributed by atoms with Crippen LogP contribution in [0.1, 0.15) is 17.7 Å². The third kappa shape index (κ3) is 2.95. The molecule has 122 valence electrons. The van der Waals surface area contributed by atoms with Crippen molar-refractivity contribution < 1.29 is 0 Å². The molecule has 1 aromatic carbocycles. The van der Waals surface area contributed by atoms with Crippen LogP contribution in [0.3, 0.4) is 0 Å². The van der Waals surface area contributed by atoms with Crippen molar-refractivity contribution in [1.29, 1.82) is 5.26 Å². The first kappa shape index (κ1) is 16.3. The number of nitrogens with one attached hydrogen (secondary N) is 1. The van der Waals surface area contributed by atoms with Crippen molar-refractivity contribution in [1.82, 2.24) is 19.7 Å². The molecule has 6 heteroatoms. The lowest BCUT2D eigenvalue weighted by Gasteiger charge is -2.07. The number of benzene rings is 1. The molecule has 2 heterocycles. The number of aromatic amines is 1. The number of aryl methyl sites for hydroxylation is 2. The van der Waals surface area contributed by atoms with Crippen molar-refractivity contribution in [2.45, 2.75) is 32.0 Å². The molecule has 0 atom stereocenters. The van der Waals surface area contributed by atoms with Crippen LogP contribution in [0.5, 0.6) is 0 Å². The Morgan fingerprint density at radius 3 is 2.96 bits per heavy atom. The third-order valence-electron chi connectivity index (χ3n) is 4.04. The Bertz CT molecular complexity index is 929. The van der Waals surface area contributed by atoms with Gasteiger partial charge in [0.2, 0.25) is 0 Å². The number of rotatable bonds is 6. The average molecular weight is 337 g/mol. The maximum Gasteiger partial charge on any atom is 0.191 e. The van der Waals surface area contributed by atoms with E-state index in [-0.39, 0.29) is 0 Å². The number of fused-ring (bicyclic) bond motifs is 1. The van der Waals surface area contributed by atoms with E-state index >= 15 is 0 Å². The Morgan fingerprint density at radius 1 is 1.38 bits per heavy atom. The highest BCUT2D eigenvalue weighted by Crippen LogP contribution is 2.29. The highest BCUT2D eigenvalue weighted by atomic mass is 32.2. The van der Waals surface area contributed by atoms with Crippen LogP contribution < -0.4 is 0 Å². The van der Waals surface area contributed by atoms with Gasteiger partial charge in [0, 0.05) is 40.9 Å². The van der Waals surface area contributed by atoms with Gasteiger partial charge in [-0.3, -0.25) is 4.57 Å². The molecule has 3 aromatic rings. The molecular weight excluding hydrogens is 318 g/mol. The Balaban J connectivity index is 2.03. The molecule has 0 spiro atoms. The molecular formula is C18H19N5S. The molecule has 2 aromatic heterocycles. The van der Waals surface area contributed by atoms with Gasteiger partial charge in [0.15, 0.2) is 11.0 Å². The first-order valence-corrected chi connectivity index (χ1v) is 8.77. The second-order valence-corrected chi connectivity index (χ2v) is 6.66. The first-order chi connectivity index (χ1) is 11.7. The Kier molecular flexibility index (Phi) is 4.72. The van der Waals surface area contributed by atoms with Gasteiger partial charge < -0.3 is 4.98 Å². The zero-order chi connectivity index (χ0) is 17.1. The Morgan fingerprint density at radius 2 is 2.21 bits per heavy atom. The molecule has 0 radical (unpaired) electrons. The van der Waals surface area contributed by atoms with Crippen LogP contribution in [0.2, 0.25) is 0 Å². The number of aromatic nitrogens is 4. The van der Waals surface area contributed by atoms with E-state index in [0.29, 0.717) is 18.7 Å². The summed E-state index contributed by atoms with van der Waals surface area (Å²) in [4.78, 5) is 3.39. The highest BCUT2D eigenvalue weighted by Gasteiger charge is 2.15. The Hall–Kier alpha value is -2.52. The number of hydrogen-bond donors (Lipinski definition) is 1. The molecule has 3 rings (SSSR count). The average Bonchev–Trinajstić information content (AvgIpc) is 3.10. The smallest absolute Gasteiger partial charge is 0.191 e. The minimum Gasteiger partial charge on any atom is -0.358 e. The van der Waals surface area contributed by atoms with Crippen LogP contribution >= 0.6 is 11.8 Å². The van der Waals surface area contributed by atoms with Crippen molar-refractivity contribution in [2.24, 2.45) is 0 Å². The largest absolute Gasteiger partial charge is 0.358 e.